The van der Waals surface area contributed by atoms with E-state index in [9.17, 15) is 4.79 Å². The molecule has 1 N–H and O–H groups in total. The number of aromatic nitrogens is 3. The summed E-state index contributed by atoms with van der Waals surface area (Å²) in [6.07, 6.45) is 4.46. The monoisotopic (exact) mass is 480 g/mol. The van der Waals surface area contributed by atoms with E-state index in [2.05, 4.69) is 20.1 Å². The highest BCUT2D eigenvalue weighted by molar-refractivity contribution is 7.99. The molecular formula is C21H19Cl3N4OS. The van der Waals surface area contributed by atoms with Gasteiger partial charge in [0, 0.05) is 11.6 Å². The fraction of sp³-hybridized carbons (Fsp3) is 0.286. The molecule has 0 bridgehead atoms. The van der Waals surface area contributed by atoms with Gasteiger partial charge in [-0.05, 0) is 37.1 Å². The summed E-state index contributed by atoms with van der Waals surface area (Å²) in [5.74, 6) is 0.730. The van der Waals surface area contributed by atoms with Gasteiger partial charge >= 0.3 is 0 Å². The molecule has 0 atom stereocenters. The lowest BCUT2D eigenvalue weighted by Gasteiger charge is -2.17. The summed E-state index contributed by atoms with van der Waals surface area (Å²) < 4.78 is 2.14. The van der Waals surface area contributed by atoms with Gasteiger partial charge in [-0.25, -0.2) is 0 Å². The van der Waals surface area contributed by atoms with Gasteiger partial charge in [0.1, 0.15) is 0 Å². The van der Waals surface area contributed by atoms with E-state index in [0.717, 1.165) is 24.2 Å². The van der Waals surface area contributed by atoms with E-state index in [4.69, 9.17) is 34.8 Å². The molecule has 0 saturated heterocycles. The second-order valence-corrected chi connectivity index (χ2v) is 9.17. The molecule has 3 aromatic rings. The van der Waals surface area contributed by atoms with Gasteiger partial charge in [0.15, 0.2) is 11.0 Å². The van der Waals surface area contributed by atoms with E-state index in [1.807, 2.05) is 24.3 Å². The number of benzene rings is 2. The molecular weight excluding hydrogens is 463 g/mol. The third kappa shape index (κ3) is 4.62. The zero-order valence-electron chi connectivity index (χ0n) is 15.9. The zero-order valence-corrected chi connectivity index (χ0v) is 19.0. The van der Waals surface area contributed by atoms with Crippen molar-refractivity contribution in [3.05, 3.63) is 57.5 Å². The standard InChI is InChI=1S/C21H19Cl3N4OS/c22-15-9-4-3-8-14(15)20-26-27-21(28(20)13-6-1-2-7-13)30-12-18(29)25-17-11-5-10-16(23)19(17)24/h3-5,8-11,13H,1-2,6-7,12H2,(H,25,29). The predicted octanol–water partition coefficient (Wildman–Crippen LogP) is 6.75. The van der Waals surface area contributed by atoms with Gasteiger partial charge in [-0.15, -0.1) is 10.2 Å². The van der Waals surface area contributed by atoms with Crippen molar-refractivity contribution in [1.82, 2.24) is 14.8 Å². The maximum absolute atomic E-state index is 12.5. The first-order valence-electron chi connectivity index (χ1n) is 9.61. The molecule has 0 unspecified atom stereocenters. The summed E-state index contributed by atoms with van der Waals surface area (Å²) >= 11 is 19.9. The fourth-order valence-electron chi connectivity index (χ4n) is 3.61. The molecule has 1 aliphatic rings. The molecule has 1 saturated carbocycles. The topological polar surface area (TPSA) is 59.8 Å². The average molecular weight is 482 g/mol. The van der Waals surface area contributed by atoms with Gasteiger partial charge in [-0.3, -0.25) is 9.36 Å². The molecule has 0 radical (unpaired) electrons. The Labute approximate surface area is 194 Å². The maximum atomic E-state index is 12.5. The molecule has 1 heterocycles. The number of halogens is 3. The smallest absolute Gasteiger partial charge is 0.234 e. The van der Waals surface area contributed by atoms with E-state index in [1.54, 1.807) is 18.2 Å². The summed E-state index contributed by atoms with van der Waals surface area (Å²) in [4.78, 5) is 12.5. The highest BCUT2D eigenvalue weighted by Crippen LogP contribution is 2.38. The largest absolute Gasteiger partial charge is 0.324 e. The first-order valence-corrected chi connectivity index (χ1v) is 11.7. The Hall–Kier alpha value is -1.73. The summed E-state index contributed by atoms with van der Waals surface area (Å²) in [5, 5.41) is 13.7. The van der Waals surface area contributed by atoms with Gasteiger partial charge in [-0.1, -0.05) is 77.6 Å². The minimum Gasteiger partial charge on any atom is -0.324 e. The van der Waals surface area contributed by atoms with Crippen molar-refractivity contribution in [3.8, 4) is 11.4 Å². The van der Waals surface area contributed by atoms with Crippen molar-refractivity contribution >= 4 is 58.2 Å². The minimum atomic E-state index is -0.190. The van der Waals surface area contributed by atoms with Crippen molar-refractivity contribution in [3.63, 3.8) is 0 Å². The molecule has 0 aliphatic heterocycles. The number of nitrogens with one attached hydrogen (secondary N) is 1. The van der Waals surface area contributed by atoms with Crippen LogP contribution in [0.4, 0.5) is 5.69 Å². The molecule has 4 rings (SSSR count). The molecule has 1 aromatic heterocycles. The summed E-state index contributed by atoms with van der Waals surface area (Å²) in [6, 6.07) is 13.1. The zero-order chi connectivity index (χ0) is 21.1. The number of rotatable bonds is 6. The van der Waals surface area contributed by atoms with Crippen LogP contribution in [0, 0.1) is 0 Å². The number of carbonyl (C=O) groups is 1. The third-order valence-corrected chi connectivity index (χ3v) is 7.12. The lowest BCUT2D eigenvalue weighted by molar-refractivity contribution is -0.113. The number of carbonyl (C=O) groups excluding carboxylic acids is 1. The van der Waals surface area contributed by atoms with E-state index in [-0.39, 0.29) is 11.7 Å². The number of hydrogen-bond donors (Lipinski definition) is 1. The van der Waals surface area contributed by atoms with Crippen LogP contribution in [-0.4, -0.2) is 26.4 Å². The van der Waals surface area contributed by atoms with Crippen LogP contribution >= 0.6 is 46.6 Å². The van der Waals surface area contributed by atoms with Gasteiger partial charge in [0.05, 0.1) is 26.5 Å². The van der Waals surface area contributed by atoms with Crippen LogP contribution in [0.1, 0.15) is 31.7 Å². The molecule has 2 aromatic carbocycles. The first kappa shape index (κ1) is 21.5. The average Bonchev–Trinajstić information content (AvgIpc) is 3.40. The van der Waals surface area contributed by atoms with Crippen LogP contribution in [0.3, 0.4) is 0 Å². The third-order valence-electron chi connectivity index (χ3n) is 5.03. The van der Waals surface area contributed by atoms with Crippen LogP contribution in [0.25, 0.3) is 11.4 Å². The quantitative estimate of drug-likeness (QED) is 0.395. The number of thioether (sulfide) groups is 1. The van der Waals surface area contributed by atoms with Crippen LogP contribution in [0.15, 0.2) is 47.6 Å². The van der Waals surface area contributed by atoms with Crippen LogP contribution in [-0.2, 0) is 4.79 Å². The van der Waals surface area contributed by atoms with Crippen molar-refractivity contribution in [2.24, 2.45) is 0 Å². The number of hydrogen-bond acceptors (Lipinski definition) is 4. The van der Waals surface area contributed by atoms with Crippen molar-refractivity contribution in [2.45, 2.75) is 36.9 Å². The summed E-state index contributed by atoms with van der Waals surface area (Å²) in [5.41, 5.74) is 1.34. The normalized spacial score (nSPS) is 14.2. The highest BCUT2D eigenvalue weighted by Gasteiger charge is 2.26. The Bertz CT molecular complexity index is 1070. The maximum Gasteiger partial charge on any atom is 0.234 e. The number of anilines is 1. The highest BCUT2D eigenvalue weighted by atomic mass is 35.5. The predicted molar refractivity (Wildman–Crippen MR) is 124 cm³/mol. The molecule has 1 aliphatic carbocycles. The lowest BCUT2D eigenvalue weighted by Crippen LogP contribution is -2.15. The van der Waals surface area contributed by atoms with E-state index in [0.29, 0.717) is 32.0 Å². The second-order valence-electron chi connectivity index (χ2n) is 7.03. The Balaban J connectivity index is 1.55. The Morgan fingerprint density at radius 1 is 1.03 bits per heavy atom. The van der Waals surface area contributed by atoms with Gasteiger partial charge in [-0.2, -0.15) is 0 Å². The lowest BCUT2D eigenvalue weighted by atomic mass is 10.2. The number of amides is 1. The SMILES string of the molecule is O=C(CSc1nnc(-c2ccccc2Cl)n1C1CCCC1)Nc1cccc(Cl)c1Cl. The van der Waals surface area contributed by atoms with E-state index in [1.165, 1.54) is 24.6 Å². The fourth-order valence-corrected chi connectivity index (χ4v) is 4.98. The van der Waals surface area contributed by atoms with Gasteiger partial charge in [0.2, 0.25) is 5.91 Å². The molecule has 0 spiro atoms. The van der Waals surface area contributed by atoms with E-state index < -0.39 is 0 Å². The van der Waals surface area contributed by atoms with Crippen molar-refractivity contribution < 1.29 is 4.79 Å². The molecule has 1 amide bonds. The molecule has 1 fully saturated rings. The van der Waals surface area contributed by atoms with Gasteiger partial charge in [0.25, 0.3) is 0 Å². The molecule has 5 nitrogen and oxygen atoms in total. The summed E-state index contributed by atoms with van der Waals surface area (Å²) in [6.45, 7) is 0. The van der Waals surface area contributed by atoms with Crippen LogP contribution in [0.2, 0.25) is 15.1 Å². The molecule has 9 heteroatoms. The second kappa shape index (κ2) is 9.60. The van der Waals surface area contributed by atoms with Crippen LogP contribution < -0.4 is 5.32 Å². The minimum absolute atomic E-state index is 0.177. The Morgan fingerprint density at radius 2 is 1.77 bits per heavy atom. The molecule has 30 heavy (non-hydrogen) atoms. The van der Waals surface area contributed by atoms with Crippen LogP contribution in [0.5, 0.6) is 0 Å². The summed E-state index contributed by atoms with van der Waals surface area (Å²) in [7, 11) is 0. The van der Waals surface area contributed by atoms with Gasteiger partial charge < -0.3 is 5.32 Å². The van der Waals surface area contributed by atoms with E-state index >= 15 is 0 Å². The Kier molecular flexibility index (Phi) is 6.88. The number of nitrogens with zero attached hydrogens (tertiary/aromatic N) is 3. The van der Waals surface area contributed by atoms with Crippen molar-refractivity contribution in [2.75, 3.05) is 11.1 Å². The van der Waals surface area contributed by atoms with Crippen molar-refractivity contribution in [1.29, 1.82) is 0 Å². The Morgan fingerprint density at radius 3 is 2.53 bits per heavy atom. The first-order chi connectivity index (χ1) is 14.5. The molecule has 156 valence electrons.